The third-order valence-electron chi connectivity index (χ3n) is 4.45. The monoisotopic (exact) mass is 495 g/mol. The van der Waals surface area contributed by atoms with Gasteiger partial charge in [-0.1, -0.05) is 17.7 Å². The van der Waals surface area contributed by atoms with E-state index in [0.717, 1.165) is 4.68 Å². The van der Waals surface area contributed by atoms with E-state index in [0.29, 0.717) is 5.69 Å². The highest BCUT2D eigenvalue weighted by molar-refractivity contribution is 7.88. The third-order valence-corrected chi connectivity index (χ3v) is 5.63. The van der Waals surface area contributed by atoms with Crippen molar-refractivity contribution in [3.63, 3.8) is 0 Å². The number of ether oxygens (including phenoxy) is 1. The van der Waals surface area contributed by atoms with Crippen LogP contribution < -0.4 is 4.18 Å². The summed E-state index contributed by atoms with van der Waals surface area (Å²) < 4.78 is 73.5. The van der Waals surface area contributed by atoms with Crippen LogP contribution in [0.2, 0.25) is 5.02 Å². The van der Waals surface area contributed by atoms with Crippen molar-refractivity contribution in [3.8, 4) is 11.6 Å². The Morgan fingerprint density at radius 1 is 1.16 bits per heavy atom. The van der Waals surface area contributed by atoms with Crippen molar-refractivity contribution in [2.45, 2.75) is 44.7 Å². The zero-order valence-corrected chi connectivity index (χ0v) is 19.0. The zero-order valence-electron chi connectivity index (χ0n) is 17.4. The molecule has 0 spiro atoms. The smallest absolute Gasteiger partial charge is 0.444 e. The molecule has 0 saturated carbocycles. The van der Waals surface area contributed by atoms with Crippen LogP contribution in [0.1, 0.15) is 32.0 Å². The Balaban J connectivity index is 2.01. The fourth-order valence-corrected chi connectivity index (χ4v) is 3.72. The summed E-state index contributed by atoms with van der Waals surface area (Å²) in [6.45, 7) is 5.38. The maximum Gasteiger partial charge on any atom is 0.534 e. The summed E-state index contributed by atoms with van der Waals surface area (Å²) in [4.78, 5) is 13.8. The number of halogens is 4. The minimum atomic E-state index is -5.96. The lowest BCUT2D eigenvalue weighted by molar-refractivity contribution is -0.0502. The van der Waals surface area contributed by atoms with Gasteiger partial charge in [-0.15, -0.1) is 0 Å². The quantitative estimate of drug-likeness (QED) is 0.470. The summed E-state index contributed by atoms with van der Waals surface area (Å²) in [7, 11) is -5.96. The number of aromatic nitrogens is 2. The van der Waals surface area contributed by atoms with Gasteiger partial charge < -0.3 is 13.8 Å². The highest BCUT2D eigenvalue weighted by atomic mass is 35.5. The molecule has 0 N–H and O–H groups in total. The number of carbonyl (C=O) groups excluding carboxylic acids is 1. The number of nitrogens with zero attached hydrogens (tertiary/aromatic N) is 3. The molecule has 176 valence electrons. The van der Waals surface area contributed by atoms with Crippen LogP contribution in [-0.4, -0.2) is 53.4 Å². The van der Waals surface area contributed by atoms with Gasteiger partial charge in [-0.25, -0.2) is 4.79 Å². The predicted molar refractivity (Wildman–Crippen MR) is 109 cm³/mol. The number of rotatable bonds is 3. The topological polar surface area (TPSA) is 90.7 Å². The van der Waals surface area contributed by atoms with Gasteiger partial charge >= 0.3 is 21.7 Å². The van der Waals surface area contributed by atoms with Crippen LogP contribution >= 0.6 is 11.6 Å². The Bertz CT molecular complexity index is 1130. The molecular formula is C19H21ClF3N3O5S. The lowest BCUT2D eigenvalue weighted by atomic mass is 10.1. The molecule has 2 aromatic rings. The second-order valence-corrected chi connectivity index (χ2v) is 10.0. The van der Waals surface area contributed by atoms with E-state index in [2.05, 4.69) is 9.28 Å². The molecule has 0 atom stereocenters. The number of carbonyl (C=O) groups is 1. The second-order valence-electron chi connectivity index (χ2n) is 8.07. The highest BCUT2D eigenvalue weighted by Gasteiger charge is 2.49. The highest BCUT2D eigenvalue weighted by Crippen LogP contribution is 2.34. The van der Waals surface area contributed by atoms with E-state index in [1.807, 2.05) is 0 Å². The fraction of sp³-hybridized carbons (Fsp3) is 0.474. The van der Waals surface area contributed by atoms with Gasteiger partial charge in [0.1, 0.15) is 5.60 Å². The molecule has 32 heavy (non-hydrogen) atoms. The summed E-state index contributed by atoms with van der Waals surface area (Å²) in [5.74, 6) is -0.592. The third kappa shape index (κ3) is 5.29. The number of benzene rings is 1. The molecule has 13 heteroatoms. The van der Waals surface area contributed by atoms with Gasteiger partial charge in [0, 0.05) is 30.1 Å². The summed E-state index contributed by atoms with van der Waals surface area (Å²) in [6, 6.07) is 5.99. The summed E-state index contributed by atoms with van der Waals surface area (Å²) in [5, 5.41) is 4.55. The molecule has 1 amide bonds. The van der Waals surface area contributed by atoms with Gasteiger partial charge in [-0.3, -0.25) is 0 Å². The first-order valence-corrected chi connectivity index (χ1v) is 11.3. The first kappa shape index (κ1) is 24.2. The fourth-order valence-electron chi connectivity index (χ4n) is 3.06. The standard InChI is InChI=1S/C19H21ClF3N3O5S/c1-18(2,3)30-17(27)25-9-7-14-15(8-10-25)24-26(13-6-4-5-12(20)11-13)16(14)31-32(28,29)19(21,22)23/h4-6,11H,7-10H2,1-3H3. The zero-order chi connectivity index (χ0) is 23.9. The molecule has 0 aliphatic carbocycles. The molecule has 0 fully saturated rings. The van der Waals surface area contributed by atoms with E-state index in [1.165, 1.54) is 23.1 Å². The van der Waals surface area contributed by atoms with Crippen molar-refractivity contribution < 1.29 is 35.3 Å². The molecule has 2 heterocycles. The van der Waals surface area contributed by atoms with Crippen LogP contribution in [0.3, 0.4) is 0 Å². The van der Waals surface area contributed by atoms with Gasteiger partial charge in [0.05, 0.1) is 11.4 Å². The van der Waals surface area contributed by atoms with Crippen LogP contribution in [0, 0.1) is 0 Å². The van der Waals surface area contributed by atoms with Crippen LogP contribution in [-0.2, 0) is 27.7 Å². The molecule has 1 aromatic heterocycles. The second kappa shape index (κ2) is 8.47. The van der Waals surface area contributed by atoms with Crippen LogP contribution in [0.25, 0.3) is 5.69 Å². The van der Waals surface area contributed by atoms with Crippen molar-refractivity contribution in [1.29, 1.82) is 0 Å². The summed E-state index contributed by atoms with van der Waals surface area (Å²) >= 11 is 5.97. The van der Waals surface area contributed by atoms with Gasteiger partial charge in [-0.05, 0) is 45.4 Å². The first-order chi connectivity index (χ1) is 14.7. The molecule has 8 nitrogen and oxygen atoms in total. The Hall–Kier alpha value is -2.47. The van der Waals surface area contributed by atoms with Gasteiger partial charge in [0.25, 0.3) is 0 Å². The molecule has 0 unspecified atom stereocenters. The number of hydrogen-bond acceptors (Lipinski definition) is 6. The molecule has 1 aromatic carbocycles. The first-order valence-electron chi connectivity index (χ1n) is 9.53. The van der Waals surface area contributed by atoms with Gasteiger partial charge in [0.2, 0.25) is 5.88 Å². The van der Waals surface area contributed by atoms with E-state index < -0.39 is 33.2 Å². The van der Waals surface area contributed by atoms with Gasteiger partial charge in [0.15, 0.2) is 0 Å². The maximum atomic E-state index is 13.0. The number of fused-ring (bicyclic) bond motifs is 1. The van der Waals surface area contributed by atoms with E-state index in [4.69, 9.17) is 16.3 Å². The van der Waals surface area contributed by atoms with E-state index in [1.54, 1.807) is 26.8 Å². The SMILES string of the molecule is CC(C)(C)OC(=O)N1CCc2nn(-c3cccc(Cl)c3)c(OS(=O)(=O)C(F)(F)F)c2CC1. The average molecular weight is 496 g/mol. The molecular weight excluding hydrogens is 475 g/mol. The van der Waals surface area contributed by atoms with Crippen LogP contribution in [0.15, 0.2) is 24.3 Å². The average Bonchev–Trinajstić information content (AvgIpc) is 2.82. The predicted octanol–water partition coefficient (Wildman–Crippen LogP) is 4.09. The van der Waals surface area contributed by atoms with Crippen molar-refractivity contribution in [1.82, 2.24) is 14.7 Å². The van der Waals surface area contributed by atoms with Crippen molar-refractivity contribution in [3.05, 3.63) is 40.5 Å². The maximum absolute atomic E-state index is 13.0. The lowest BCUT2D eigenvalue weighted by Crippen LogP contribution is -2.38. The summed E-state index contributed by atoms with van der Waals surface area (Å²) in [6.07, 6.45) is -0.418. The minimum absolute atomic E-state index is 0.0118. The van der Waals surface area contributed by atoms with Gasteiger partial charge in [-0.2, -0.15) is 31.4 Å². The molecule has 0 radical (unpaired) electrons. The normalized spacial score (nSPS) is 15.2. The Labute approximate surface area is 188 Å². The largest absolute Gasteiger partial charge is 0.534 e. The van der Waals surface area contributed by atoms with Crippen molar-refractivity contribution >= 4 is 27.8 Å². The molecule has 3 rings (SSSR count). The van der Waals surface area contributed by atoms with E-state index in [9.17, 15) is 26.4 Å². The molecule has 0 bridgehead atoms. The Kier molecular flexibility index (Phi) is 6.40. The summed E-state index contributed by atoms with van der Waals surface area (Å²) in [5.41, 5.74) is -5.67. The van der Waals surface area contributed by atoms with E-state index in [-0.39, 0.29) is 42.2 Å². The molecule has 1 aliphatic heterocycles. The number of amides is 1. The van der Waals surface area contributed by atoms with Crippen molar-refractivity contribution in [2.24, 2.45) is 0 Å². The lowest BCUT2D eigenvalue weighted by Gasteiger charge is -2.26. The number of alkyl halides is 3. The number of hydrogen-bond donors (Lipinski definition) is 0. The van der Waals surface area contributed by atoms with Crippen molar-refractivity contribution in [2.75, 3.05) is 13.1 Å². The Morgan fingerprint density at radius 2 is 1.81 bits per heavy atom. The van der Waals surface area contributed by atoms with Crippen LogP contribution in [0.5, 0.6) is 5.88 Å². The molecule has 1 aliphatic rings. The Morgan fingerprint density at radius 3 is 2.41 bits per heavy atom. The van der Waals surface area contributed by atoms with Crippen LogP contribution in [0.4, 0.5) is 18.0 Å². The van der Waals surface area contributed by atoms with E-state index >= 15 is 0 Å². The minimum Gasteiger partial charge on any atom is -0.444 e. The molecule has 0 saturated heterocycles.